The highest BCUT2D eigenvalue weighted by molar-refractivity contribution is 5.75. The standard InChI is InChI=1S/C12H24N2O/c1-3-10-4-6-11(7-5-10)14-9-8-12(15)13-2/h10-11,14H,3-9H2,1-2H3,(H,13,15). The monoisotopic (exact) mass is 212 g/mol. The van der Waals surface area contributed by atoms with E-state index in [1.165, 1.54) is 32.1 Å². The van der Waals surface area contributed by atoms with Crippen LogP contribution >= 0.6 is 0 Å². The van der Waals surface area contributed by atoms with Gasteiger partial charge in [0.1, 0.15) is 0 Å². The van der Waals surface area contributed by atoms with E-state index in [4.69, 9.17) is 0 Å². The molecule has 0 saturated heterocycles. The summed E-state index contributed by atoms with van der Waals surface area (Å²) in [7, 11) is 1.69. The molecule has 3 nitrogen and oxygen atoms in total. The van der Waals surface area contributed by atoms with Crippen molar-refractivity contribution in [3.8, 4) is 0 Å². The maximum absolute atomic E-state index is 11.0. The summed E-state index contributed by atoms with van der Waals surface area (Å²) in [5.74, 6) is 1.08. The van der Waals surface area contributed by atoms with E-state index < -0.39 is 0 Å². The number of rotatable bonds is 5. The van der Waals surface area contributed by atoms with Gasteiger partial charge in [-0.15, -0.1) is 0 Å². The number of nitrogens with one attached hydrogen (secondary N) is 2. The Bertz CT molecular complexity index is 186. The first kappa shape index (κ1) is 12.5. The number of hydrogen-bond acceptors (Lipinski definition) is 2. The Balaban J connectivity index is 2.06. The summed E-state index contributed by atoms with van der Waals surface area (Å²) < 4.78 is 0. The Labute approximate surface area is 93.0 Å². The molecule has 3 heteroatoms. The smallest absolute Gasteiger partial charge is 0.221 e. The van der Waals surface area contributed by atoms with Crippen molar-refractivity contribution < 1.29 is 4.79 Å². The zero-order valence-electron chi connectivity index (χ0n) is 10.0. The largest absolute Gasteiger partial charge is 0.359 e. The van der Waals surface area contributed by atoms with Gasteiger partial charge in [-0.2, -0.15) is 0 Å². The minimum Gasteiger partial charge on any atom is -0.359 e. The van der Waals surface area contributed by atoms with Crippen LogP contribution in [0.25, 0.3) is 0 Å². The van der Waals surface area contributed by atoms with Crippen LogP contribution in [0.4, 0.5) is 0 Å². The van der Waals surface area contributed by atoms with E-state index >= 15 is 0 Å². The van der Waals surface area contributed by atoms with Gasteiger partial charge in [-0.3, -0.25) is 4.79 Å². The summed E-state index contributed by atoms with van der Waals surface area (Å²) in [5, 5.41) is 6.11. The highest BCUT2D eigenvalue weighted by Crippen LogP contribution is 2.26. The normalized spacial score (nSPS) is 26.3. The highest BCUT2D eigenvalue weighted by atomic mass is 16.1. The Morgan fingerprint density at radius 2 is 1.93 bits per heavy atom. The van der Waals surface area contributed by atoms with Gasteiger partial charge in [0.05, 0.1) is 0 Å². The molecule has 1 rings (SSSR count). The molecule has 0 aromatic rings. The van der Waals surface area contributed by atoms with Gasteiger partial charge in [-0.05, 0) is 31.6 Å². The molecular formula is C12H24N2O. The minimum absolute atomic E-state index is 0.129. The predicted octanol–water partition coefficient (Wildman–Crippen LogP) is 1.68. The molecule has 1 saturated carbocycles. The number of amides is 1. The van der Waals surface area contributed by atoms with Gasteiger partial charge in [0, 0.05) is 26.1 Å². The van der Waals surface area contributed by atoms with Crippen LogP contribution in [0.3, 0.4) is 0 Å². The third-order valence-corrected chi connectivity index (χ3v) is 3.49. The van der Waals surface area contributed by atoms with Crippen molar-refractivity contribution in [2.75, 3.05) is 13.6 Å². The van der Waals surface area contributed by atoms with Crippen LogP contribution in [0.15, 0.2) is 0 Å². The molecular weight excluding hydrogens is 188 g/mol. The van der Waals surface area contributed by atoms with Crippen molar-refractivity contribution >= 4 is 5.91 Å². The molecule has 1 aliphatic carbocycles. The summed E-state index contributed by atoms with van der Waals surface area (Å²) in [6.45, 7) is 3.10. The molecule has 0 unspecified atom stereocenters. The van der Waals surface area contributed by atoms with E-state index in [9.17, 15) is 4.79 Å². The Morgan fingerprint density at radius 3 is 2.47 bits per heavy atom. The second-order valence-corrected chi connectivity index (χ2v) is 4.50. The molecule has 1 aliphatic rings. The van der Waals surface area contributed by atoms with Crippen molar-refractivity contribution in [1.82, 2.24) is 10.6 Å². The molecule has 0 heterocycles. The lowest BCUT2D eigenvalue weighted by Gasteiger charge is -2.28. The highest BCUT2D eigenvalue weighted by Gasteiger charge is 2.19. The first-order valence-electron chi connectivity index (χ1n) is 6.20. The summed E-state index contributed by atoms with van der Waals surface area (Å²) in [4.78, 5) is 11.0. The van der Waals surface area contributed by atoms with Crippen molar-refractivity contribution in [3.05, 3.63) is 0 Å². The van der Waals surface area contributed by atoms with Crippen molar-refractivity contribution in [1.29, 1.82) is 0 Å². The number of carbonyl (C=O) groups excluding carboxylic acids is 1. The second-order valence-electron chi connectivity index (χ2n) is 4.50. The summed E-state index contributed by atoms with van der Waals surface area (Å²) >= 11 is 0. The zero-order valence-corrected chi connectivity index (χ0v) is 10.0. The molecule has 0 aliphatic heterocycles. The molecule has 0 aromatic heterocycles. The maximum Gasteiger partial charge on any atom is 0.221 e. The van der Waals surface area contributed by atoms with Gasteiger partial charge in [-0.1, -0.05) is 13.3 Å². The van der Waals surface area contributed by atoms with Gasteiger partial charge in [0.15, 0.2) is 0 Å². The molecule has 0 atom stereocenters. The van der Waals surface area contributed by atoms with Gasteiger partial charge in [-0.25, -0.2) is 0 Å². The van der Waals surface area contributed by atoms with Crippen LogP contribution in [0.2, 0.25) is 0 Å². The average molecular weight is 212 g/mol. The molecule has 1 fully saturated rings. The van der Waals surface area contributed by atoms with Crippen LogP contribution in [-0.2, 0) is 4.79 Å². The SMILES string of the molecule is CCC1CCC(NCCC(=O)NC)CC1. The van der Waals surface area contributed by atoms with Crippen LogP contribution in [-0.4, -0.2) is 25.5 Å². The number of carbonyl (C=O) groups is 1. The lowest BCUT2D eigenvalue weighted by molar-refractivity contribution is -0.120. The van der Waals surface area contributed by atoms with Gasteiger partial charge in [0.2, 0.25) is 5.91 Å². The average Bonchev–Trinajstić information content (AvgIpc) is 2.29. The van der Waals surface area contributed by atoms with E-state index in [1.54, 1.807) is 7.05 Å². The first-order chi connectivity index (χ1) is 7.26. The lowest BCUT2D eigenvalue weighted by atomic mass is 9.84. The molecule has 0 radical (unpaired) electrons. The third-order valence-electron chi connectivity index (χ3n) is 3.49. The van der Waals surface area contributed by atoms with Gasteiger partial charge >= 0.3 is 0 Å². The van der Waals surface area contributed by atoms with E-state index in [-0.39, 0.29) is 5.91 Å². The number of hydrogen-bond donors (Lipinski definition) is 2. The van der Waals surface area contributed by atoms with Crippen LogP contribution < -0.4 is 10.6 Å². The summed E-state index contributed by atoms with van der Waals surface area (Å²) in [6.07, 6.45) is 7.20. The Hall–Kier alpha value is -0.570. The molecule has 1 amide bonds. The van der Waals surface area contributed by atoms with E-state index in [0.717, 1.165) is 12.5 Å². The fraction of sp³-hybridized carbons (Fsp3) is 0.917. The predicted molar refractivity (Wildman–Crippen MR) is 62.7 cm³/mol. The van der Waals surface area contributed by atoms with Crippen molar-refractivity contribution in [3.63, 3.8) is 0 Å². The minimum atomic E-state index is 0.129. The van der Waals surface area contributed by atoms with E-state index in [0.29, 0.717) is 12.5 Å². The van der Waals surface area contributed by atoms with Gasteiger partial charge in [0.25, 0.3) is 0 Å². The molecule has 0 aromatic carbocycles. The fourth-order valence-corrected chi connectivity index (χ4v) is 2.29. The van der Waals surface area contributed by atoms with Gasteiger partial charge < -0.3 is 10.6 Å². The third kappa shape index (κ3) is 4.65. The Morgan fingerprint density at radius 1 is 1.27 bits per heavy atom. The molecule has 0 bridgehead atoms. The Kier molecular flexibility index (Phi) is 5.69. The van der Waals surface area contributed by atoms with Crippen LogP contribution in [0, 0.1) is 5.92 Å². The topological polar surface area (TPSA) is 41.1 Å². The lowest BCUT2D eigenvalue weighted by Crippen LogP contribution is -2.35. The van der Waals surface area contributed by atoms with E-state index in [1.807, 2.05) is 0 Å². The summed E-state index contributed by atoms with van der Waals surface area (Å²) in [5.41, 5.74) is 0. The second kappa shape index (κ2) is 6.83. The molecule has 2 N–H and O–H groups in total. The molecule has 0 spiro atoms. The summed E-state index contributed by atoms with van der Waals surface area (Å²) in [6, 6.07) is 0.650. The first-order valence-corrected chi connectivity index (χ1v) is 6.20. The zero-order chi connectivity index (χ0) is 11.1. The molecule has 88 valence electrons. The molecule has 15 heavy (non-hydrogen) atoms. The van der Waals surface area contributed by atoms with E-state index in [2.05, 4.69) is 17.6 Å². The van der Waals surface area contributed by atoms with Crippen molar-refractivity contribution in [2.45, 2.75) is 51.5 Å². The fourth-order valence-electron chi connectivity index (χ4n) is 2.29. The van der Waals surface area contributed by atoms with Crippen molar-refractivity contribution in [2.24, 2.45) is 5.92 Å². The van der Waals surface area contributed by atoms with Crippen LogP contribution in [0.1, 0.15) is 45.4 Å². The quantitative estimate of drug-likeness (QED) is 0.728. The maximum atomic E-state index is 11.0. The van der Waals surface area contributed by atoms with Crippen LogP contribution in [0.5, 0.6) is 0 Å².